The standard InChI is InChI=1S/C26H32N2O/c1-17(20-10-9-18-7-5-6-8-21(18)15-20)27-28-25(29)24-16-23(24)19-11-13-22(14-12-19)26(2,3)4/h9-15,23-24H,5-8,16H2,1-4H3,(H,28,29). The Morgan fingerprint density at radius 2 is 1.69 bits per heavy atom. The zero-order valence-corrected chi connectivity index (χ0v) is 18.1. The molecule has 0 radical (unpaired) electrons. The Balaban J connectivity index is 1.36. The van der Waals surface area contributed by atoms with Gasteiger partial charge in [-0.3, -0.25) is 4.79 Å². The van der Waals surface area contributed by atoms with Crippen LogP contribution in [0.1, 0.15) is 80.7 Å². The highest BCUT2D eigenvalue weighted by atomic mass is 16.2. The summed E-state index contributed by atoms with van der Waals surface area (Å²) in [5.41, 5.74) is 10.4. The van der Waals surface area contributed by atoms with Crippen molar-refractivity contribution in [2.45, 2.75) is 71.1 Å². The van der Waals surface area contributed by atoms with Gasteiger partial charge in [0.05, 0.1) is 5.71 Å². The third-order valence-corrected chi connectivity index (χ3v) is 6.43. The Hall–Kier alpha value is -2.42. The fourth-order valence-electron chi connectivity index (χ4n) is 4.33. The van der Waals surface area contributed by atoms with Gasteiger partial charge in [-0.05, 0) is 84.2 Å². The Kier molecular flexibility index (Phi) is 5.33. The number of hydrogen-bond acceptors (Lipinski definition) is 2. The average molecular weight is 389 g/mol. The van der Waals surface area contributed by atoms with E-state index in [1.807, 2.05) is 6.92 Å². The van der Waals surface area contributed by atoms with Crippen LogP contribution in [-0.2, 0) is 23.1 Å². The second-order valence-electron chi connectivity index (χ2n) is 9.68. The van der Waals surface area contributed by atoms with Gasteiger partial charge in [0.1, 0.15) is 0 Å². The number of carbonyl (C=O) groups excluding carboxylic acids is 1. The van der Waals surface area contributed by atoms with Gasteiger partial charge in [-0.1, -0.05) is 57.2 Å². The van der Waals surface area contributed by atoms with Crippen molar-refractivity contribution in [1.29, 1.82) is 0 Å². The number of rotatable bonds is 4. The van der Waals surface area contributed by atoms with Crippen LogP contribution >= 0.6 is 0 Å². The van der Waals surface area contributed by atoms with E-state index in [0.29, 0.717) is 5.92 Å². The molecule has 2 aliphatic rings. The molecule has 2 aliphatic carbocycles. The van der Waals surface area contributed by atoms with E-state index >= 15 is 0 Å². The van der Waals surface area contributed by atoms with Gasteiger partial charge >= 0.3 is 0 Å². The molecular weight excluding hydrogens is 356 g/mol. The molecule has 0 aliphatic heterocycles. The van der Waals surface area contributed by atoms with E-state index in [-0.39, 0.29) is 17.2 Å². The van der Waals surface area contributed by atoms with E-state index in [4.69, 9.17) is 0 Å². The lowest BCUT2D eigenvalue weighted by molar-refractivity contribution is -0.122. The van der Waals surface area contributed by atoms with Crippen LogP contribution in [0.15, 0.2) is 47.6 Å². The lowest BCUT2D eigenvalue weighted by Gasteiger charge is -2.19. The fourth-order valence-corrected chi connectivity index (χ4v) is 4.33. The van der Waals surface area contributed by atoms with Crippen molar-refractivity contribution < 1.29 is 4.79 Å². The summed E-state index contributed by atoms with van der Waals surface area (Å²) in [6, 6.07) is 15.4. The number of amides is 1. The molecule has 4 rings (SSSR count). The molecule has 2 unspecified atom stereocenters. The van der Waals surface area contributed by atoms with Crippen molar-refractivity contribution in [3.8, 4) is 0 Å². The van der Waals surface area contributed by atoms with Crippen molar-refractivity contribution in [3.05, 3.63) is 70.3 Å². The maximum Gasteiger partial charge on any atom is 0.243 e. The second kappa shape index (κ2) is 7.78. The van der Waals surface area contributed by atoms with Crippen LogP contribution in [0.4, 0.5) is 0 Å². The number of nitrogens with zero attached hydrogens (tertiary/aromatic N) is 1. The predicted molar refractivity (Wildman–Crippen MR) is 119 cm³/mol. The molecular formula is C26H32N2O. The lowest BCUT2D eigenvalue weighted by Crippen LogP contribution is -2.21. The van der Waals surface area contributed by atoms with E-state index < -0.39 is 0 Å². The molecule has 3 nitrogen and oxygen atoms in total. The lowest BCUT2D eigenvalue weighted by atomic mass is 9.86. The molecule has 3 heteroatoms. The largest absolute Gasteiger partial charge is 0.273 e. The average Bonchev–Trinajstić information content (AvgIpc) is 3.52. The molecule has 0 saturated heterocycles. The zero-order chi connectivity index (χ0) is 20.6. The Morgan fingerprint density at radius 3 is 2.38 bits per heavy atom. The van der Waals surface area contributed by atoms with Gasteiger partial charge < -0.3 is 0 Å². The molecule has 0 heterocycles. The number of hydrazone groups is 1. The summed E-state index contributed by atoms with van der Waals surface area (Å²) in [6.07, 6.45) is 5.80. The third kappa shape index (κ3) is 4.44. The van der Waals surface area contributed by atoms with Crippen molar-refractivity contribution in [2.24, 2.45) is 11.0 Å². The first-order valence-electron chi connectivity index (χ1n) is 10.9. The number of aryl methyl sites for hydroxylation is 2. The van der Waals surface area contributed by atoms with Crippen molar-refractivity contribution in [1.82, 2.24) is 5.43 Å². The maximum atomic E-state index is 12.6. The molecule has 152 valence electrons. The van der Waals surface area contributed by atoms with Gasteiger partial charge in [0.2, 0.25) is 5.91 Å². The zero-order valence-electron chi connectivity index (χ0n) is 18.1. The topological polar surface area (TPSA) is 41.5 Å². The van der Waals surface area contributed by atoms with Crippen LogP contribution in [-0.4, -0.2) is 11.6 Å². The molecule has 1 amide bonds. The van der Waals surface area contributed by atoms with E-state index in [9.17, 15) is 4.79 Å². The van der Waals surface area contributed by atoms with Crippen LogP contribution in [0, 0.1) is 5.92 Å². The highest BCUT2D eigenvalue weighted by molar-refractivity contribution is 5.99. The minimum absolute atomic E-state index is 0.0345. The van der Waals surface area contributed by atoms with Crippen LogP contribution in [0.3, 0.4) is 0 Å². The molecule has 0 aromatic heterocycles. The Morgan fingerprint density at radius 1 is 1.00 bits per heavy atom. The maximum absolute atomic E-state index is 12.6. The minimum atomic E-state index is 0.0345. The summed E-state index contributed by atoms with van der Waals surface area (Å²) in [7, 11) is 0. The van der Waals surface area contributed by atoms with E-state index in [1.165, 1.54) is 41.5 Å². The summed E-state index contributed by atoms with van der Waals surface area (Å²) in [6.45, 7) is 8.63. The molecule has 0 bridgehead atoms. The van der Waals surface area contributed by atoms with E-state index in [2.05, 4.69) is 73.8 Å². The number of hydrogen-bond donors (Lipinski definition) is 1. The van der Waals surface area contributed by atoms with Gasteiger partial charge in [0, 0.05) is 5.92 Å². The first-order chi connectivity index (χ1) is 13.8. The van der Waals surface area contributed by atoms with Crippen molar-refractivity contribution in [2.75, 3.05) is 0 Å². The second-order valence-corrected chi connectivity index (χ2v) is 9.68. The molecule has 2 aromatic rings. The first kappa shape index (κ1) is 19.9. The summed E-state index contributed by atoms with van der Waals surface area (Å²) in [5.74, 6) is 0.394. The van der Waals surface area contributed by atoms with Crippen LogP contribution in [0.2, 0.25) is 0 Å². The van der Waals surface area contributed by atoms with Crippen LogP contribution < -0.4 is 5.43 Å². The van der Waals surface area contributed by atoms with Gasteiger partial charge in [-0.2, -0.15) is 5.10 Å². The number of nitrogens with one attached hydrogen (secondary N) is 1. The fraction of sp³-hybridized carbons (Fsp3) is 0.462. The molecule has 1 fully saturated rings. The minimum Gasteiger partial charge on any atom is -0.273 e. The summed E-state index contributed by atoms with van der Waals surface area (Å²) in [5, 5.41) is 4.40. The SMILES string of the molecule is CC(=NNC(=O)C1CC1c1ccc(C(C)(C)C)cc1)c1ccc2c(c1)CCCC2. The molecule has 2 aromatic carbocycles. The first-order valence-corrected chi connectivity index (χ1v) is 10.9. The van der Waals surface area contributed by atoms with Gasteiger partial charge in [0.25, 0.3) is 0 Å². The van der Waals surface area contributed by atoms with Gasteiger partial charge in [-0.25, -0.2) is 5.43 Å². The van der Waals surface area contributed by atoms with Crippen molar-refractivity contribution in [3.63, 3.8) is 0 Å². The van der Waals surface area contributed by atoms with E-state index in [1.54, 1.807) is 0 Å². The monoisotopic (exact) mass is 388 g/mol. The molecule has 0 spiro atoms. The number of carbonyl (C=O) groups is 1. The summed E-state index contributed by atoms with van der Waals surface area (Å²) in [4.78, 5) is 12.6. The summed E-state index contributed by atoms with van der Waals surface area (Å²) >= 11 is 0. The highest BCUT2D eigenvalue weighted by Crippen LogP contribution is 2.47. The quantitative estimate of drug-likeness (QED) is 0.545. The number of fused-ring (bicyclic) bond motifs is 1. The molecule has 1 N–H and O–H groups in total. The molecule has 29 heavy (non-hydrogen) atoms. The molecule has 1 saturated carbocycles. The molecule has 2 atom stereocenters. The Labute approximate surface area is 174 Å². The normalized spacial score (nSPS) is 21.4. The van der Waals surface area contributed by atoms with Crippen molar-refractivity contribution >= 4 is 11.6 Å². The number of benzene rings is 2. The van der Waals surface area contributed by atoms with Crippen LogP contribution in [0.25, 0.3) is 0 Å². The van der Waals surface area contributed by atoms with Crippen LogP contribution in [0.5, 0.6) is 0 Å². The third-order valence-electron chi connectivity index (χ3n) is 6.43. The van der Waals surface area contributed by atoms with Gasteiger partial charge in [-0.15, -0.1) is 0 Å². The predicted octanol–water partition coefficient (Wildman–Crippen LogP) is 5.51. The van der Waals surface area contributed by atoms with Gasteiger partial charge in [0.15, 0.2) is 0 Å². The summed E-state index contributed by atoms with van der Waals surface area (Å²) < 4.78 is 0. The highest BCUT2D eigenvalue weighted by Gasteiger charge is 2.44. The Bertz CT molecular complexity index is 934. The smallest absolute Gasteiger partial charge is 0.243 e. The van der Waals surface area contributed by atoms with E-state index in [0.717, 1.165) is 24.1 Å².